The molecule has 0 aliphatic heterocycles. The van der Waals surface area contributed by atoms with Crippen molar-refractivity contribution in [1.29, 1.82) is 0 Å². The van der Waals surface area contributed by atoms with Gasteiger partial charge in [-0.2, -0.15) is 0 Å². The quantitative estimate of drug-likeness (QED) is 0.245. The second-order valence-corrected chi connectivity index (χ2v) is 7.14. The van der Waals surface area contributed by atoms with Crippen LogP contribution in [0.15, 0.2) is 64.2 Å². The molecule has 3 aromatic rings. The van der Waals surface area contributed by atoms with Gasteiger partial charge in [-0.15, -0.1) is 0 Å². The molecule has 0 amide bonds. The topological polar surface area (TPSA) is 83.2 Å². The third kappa shape index (κ3) is 6.70. The maximum atomic E-state index is 11.6. The minimum absolute atomic E-state index is 0.0801. The van der Waals surface area contributed by atoms with Crippen LogP contribution in [0.4, 0.5) is 0 Å². The average Bonchev–Trinajstić information content (AvgIpc) is 3.18. The Bertz CT molecular complexity index is 1040. The third-order valence-corrected chi connectivity index (χ3v) is 4.73. The SMILES string of the molecule is CCON=C(CC(=O)OC)Cc1cccc(OCCc2nc(-c3ccccc3)oc2C)c1. The van der Waals surface area contributed by atoms with E-state index < -0.39 is 0 Å². The van der Waals surface area contributed by atoms with Crippen molar-refractivity contribution in [2.24, 2.45) is 5.16 Å². The van der Waals surface area contributed by atoms with Crippen LogP contribution in [0.3, 0.4) is 0 Å². The zero-order chi connectivity index (χ0) is 22.8. The van der Waals surface area contributed by atoms with Crippen molar-refractivity contribution in [1.82, 2.24) is 4.98 Å². The number of hydrogen-bond donors (Lipinski definition) is 0. The molecular formula is C25H28N2O5. The van der Waals surface area contributed by atoms with Crippen molar-refractivity contribution in [2.75, 3.05) is 20.3 Å². The molecule has 0 spiro atoms. The van der Waals surface area contributed by atoms with Gasteiger partial charge < -0.3 is 18.7 Å². The summed E-state index contributed by atoms with van der Waals surface area (Å²) >= 11 is 0. The highest BCUT2D eigenvalue weighted by Crippen LogP contribution is 2.22. The van der Waals surface area contributed by atoms with E-state index in [0.29, 0.717) is 37.7 Å². The lowest BCUT2D eigenvalue weighted by molar-refractivity contribution is -0.139. The van der Waals surface area contributed by atoms with E-state index in [9.17, 15) is 4.79 Å². The number of carbonyl (C=O) groups excluding carboxylic acids is 1. The Morgan fingerprint density at radius 3 is 2.69 bits per heavy atom. The molecule has 0 aliphatic carbocycles. The van der Waals surface area contributed by atoms with Crippen LogP contribution < -0.4 is 4.74 Å². The Labute approximate surface area is 188 Å². The predicted octanol–water partition coefficient (Wildman–Crippen LogP) is 4.77. The number of oxazole rings is 1. The van der Waals surface area contributed by atoms with E-state index in [4.69, 9.17) is 18.7 Å². The zero-order valence-corrected chi connectivity index (χ0v) is 18.7. The first-order valence-corrected chi connectivity index (χ1v) is 10.6. The van der Waals surface area contributed by atoms with Gasteiger partial charge in [0.1, 0.15) is 18.1 Å². The van der Waals surface area contributed by atoms with Gasteiger partial charge in [0.05, 0.1) is 31.5 Å². The molecule has 0 fully saturated rings. The fourth-order valence-corrected chi connectivity index (χ4v) is 3.13. The van der Waals surface area contributed by atoms with Gasteiger partial charge in [-0.1, -0.05) is 35.5 Å². The van der Waals surface area contributed by atoms with Crippen molar-refractivity contribution < 1.29 is 23.5 Å². The number of methoxy groups -OCH3 is 1. The lowest BCUT2D eigenvalue weighted by Crippen LogP contribution is -2.13. The van der Waals surface area contributed by atoms with Gasteiger partial charge in [0, 0.05) is 18.4 Å². The van der Waals surface area contributed by atoms with Gasteiger partial charge in [0.2, 0.25) is 5.89 Å². The summed E-state index contributed by atoms with van der Waals surface area (Å²) in [7, 11) is 1.36. The normalized spacial score (nSPS) is 11.3. The van der Waals surface area contributed by atoms with E-state index in [1.54, 1.807) is 0 Å². The Morgan fingerprint density at radius 2 is 1.94 bits per heavy atom. The first-order valence-electron chi connectivity index (χ1n) is 10.6. The summed E-state index contributed by atoms with van der Waals surface area (Å²) in [5.74, 6) is 1.79. The van der Waals surface area contributed by atoms with E-state index in [-0.39, 0.29) is 12.4 Å². The number of ether oxygens (including phenoxy) is 2. The minimum atomic E-state index is -0.353. The second kappa shape index (κ2) is 11.7. The van der Waals surface area contributed by atoms with Crippen molar-refractivity contribution in [2.45, 2.75) is 33.1 Å². The molecule has 7 nitrogen and oxygen atoms in total. The number of rotatable bonds is 11. The molecule has 2 aromatic carbocycles. The third-order valence-electron chi connectivity index (χ3n) is 4.73. The molecule has 0 aliphatic rings. The van der Waals surface area contributed by atoms with Crippen molar-refractivity contribution in [3.8, 4) is 17.2 Å². The molecule has 0 N–H and O–H groups in total. The summed E-state index contributed by atoms with van der Waals surface area (Å²) in [5.41, 5.74) is 3.40. The highest BCUT2D eigenvalue weighted by atomic mass is 16.6. The van der Waals surface area contributed by atoms with Crippen molar-refractivity contribution >= 4 is 11.7 Å². The average molecular weight is 437 g/mol. The largest absolute Gasteiger partial charge is 0.493 e. The molecule has 1 heterocycles. The fourth-order valence-electron chi connectivity index (χ4n) is 3.13. The van der Waals surface area contributed by atoms with Crippen LogP contribution in [0.5, 0.6) is 5.75 Å². The van der Waals surface area contributed by atoms with Gasteiger partial charge >= 0.3 is 5.97 Å². The highest BCUT2D eigenvalue weighted by molar-refractivity contribution is 5.99. The summed E-state index contributed by atoms with van der Waals surface area (Å²) in [4.78, 5) is 21.4. The minimum Gasteiger partial charge on any atom is -0.493 e. The van der Waals surface area contributed by atoms with E-state index >= 15 is 0 Å². The summed E-state index contributed by atoms with van der Waals surface area (Å²) in [6, 6.07) is 17.5. The van der Waals surface area contributed by atoms with Gasteiger partial charge in [-0.25, -0.2) is 4.98 Å². The van der Waals surface area contributed by atoms with Crippen LogP contribution in [-0.2, 0) is 27.2 Å². The van der Waals surface area contributed by atoms with E-state index in [2.05, 4.69) is 10.1 Å². The van der Waals surface area contributed by atoms with Crippen LogP contribution in [0.1, 0.15) is 30.4 Å². The summed E-state index contributed by atoms with van der Waals surface area (Å²) in [6.07, 6.45) is 1.18. The first-order chi connectivity index (χ1) is 15.6. The zero-order valence-electron chi connectivity index (χ0n) is 18.7. The van der Waals surface area contributed by atoms with Gasteiger partial charge in [-0.05, 0) is 43.7 Å². The molecule has 7 heteroatoms. The Balaban J connectivity index is 1.59. The Morgan fingerprint density at radius 1 is 1.12 bits per heavy atom. The Hall–Kier alpha value is -3.61. The van der Waals surface area contributed by atoms with Crippen LogP contribution >= 0.6 is 0 Å². The summed E-state index contributed by atoms with van der Waals surface area (Å²) < 4.78 is 16.5. The van der Waals surface area contributed by atoms with Gasteiger partial charge in [-0.3, -0.25) is 4.79 Å². The molecule has 32 heavy (non-hydrogen) atoms. The molecular weight excluding hydrogens is 408 g/mol. The van der Waals surface area contributed by atoms with E-state index in [0.717, 1.165) is 28.3 Å². The number of benzene rings is 2. The smallest absolute Gasteiger partial charge is 0.311 e. The number of carbonyl (C=O) groups is 1. The lowest BCUT2D eigenvalue weighted by Gasteiger charge is -2.09. The predicted molar refractivity (Wildman–Crippen MR) is 122 cm³/mol. The molecule has 0 radical (unpaired) electrons. The van der Waals surface area contributed by atoms with Crippen LogP contribution in [0, 0.1) is 6.92 Å². The number of esters is 1. The summed E-state index contributed by atoms with van der Waals surface area (Å²) in [6.45, 7) is 4.65. The number of oxime groups is 1. The van der Waals surface area contributed by atoms with E-state index in [1.165, 1.54) is 7.11 Å². The number of aromatic nitrogens is 1. The van der Waals surface area contributed by atoms with E-state index in [1.807, 2.05) is 68.4 Å². The van der Waals surface area contributed by atoms with Crippen molar-refractivity contribution in [3.63, 3.8) is 0 Å². The lowest BCUT2D eigenvalue weighted by atomic mass is 10.1. The first kappa shape index (κ1) is 23.1. The van der Waals surface area contributed by atoms with Crippen LogP contribution in [-0.4, -0.2) is 37.0 Å². The molecule has 3 rings (SSSR count). The maximum absolute atomic E-state index is 11.6. The number of hydrogen-bond acceptors (Lipinski definition) is 7. The molecule has 0 saturated carbocycles. The number of aryl methyl sites for hydroxylation is 1. The highest BCUT2D eigenvalue weighted by Gasteiger charge is 2.12. The van der Waals surface area contributed by atoms with Gasteiger partial charge in [0.15, 0.2) is 0 Å². The maximum Gasteiger partial charge on any atom is 0.311 e. The molecule has 0 bridgehead atoms. The monoisotopic (exact) mass is 436 g/mol. The molecule has 1 aromatic heterocycles. The fraction of sp³-hybridized carbons (Fsp3) is 0.320. The van der Waals surface area contributed by atoms with Crippen LogP contribution in [0.2, 0.25) is 0 Å². The second-order valence-electron chi connectivity index (χ2n) is 7.14. The standard InChI is InChI=1S/C25H28N2O5/c1-4-31-27-21(17-24(28)29-3)15-19-9-8-12-22(16-19)30-14-13-23-18(2)32-25(26-23)20-10-6-5-7-11-20/h5-12,16H,4,13-15,17H2,1-3H3. The summed E-state index contributed by atoms with van der Waals surface area (Å²) in [5, 5.41) is 4.05. The van der Waals surface area contributed by atoms with Gasteiger partial charge in [0.25, 0.3) is 0 Å². The van der Waals surface area contributed by atoms with Crippen LogP contribution in [0.25, 0.3) is 11.5 Å². The van der Waals surface area contributed by atoms with Crippen molar-refractivity contribution in [3.05, 3.63) is 71.6 Å². The Kier molecular flexibility index (Phi) is 8.43. The molecule has 0 unspecified atom stereocenters. The molecule has 168 valence electrons. The number of nitrogens with zero attached hydrogens (tertiary/aromatic N) is 2. The molecule has 0 atom stereocenters. The molecule has 0 saturated heterocycles.